The molecule has 3 nitrogen and oxygen atoms in total. The van der Waals surface area contributed by atoms with Crippen LogP contribution < -0.4 is 14.8 Å². The van der Waals surface area contributed by atoms with Crippen molar-refractivity contribution in [1.82, 2.24) is 5.32 Å². The third kappa shape index (κ3) is 4.77. The fourth-order valence-corrected chi connectivity index (χ4v) is 1.97. The SMILES string of the molecule is COc1ccc(C=CCNCC(C)C)c(Cl)c1OC. The van der Waals surface area contributed by atoms with Crippen LogP contribution in [0.5, 0.6) is 11.5 Å². The molecule has 4 heteroatoms. The Kier molecular flexibility index (Phi) is 6.74. The summed E-state index contributed by atoms with van der Waals surface area (Å²) in [5.41, 5.74) is 0.922. The molecule has 0 saturated carbocycles. The molecule has 0 saturated heterocycles. The Hall–Kier alpha value is -1.19. The van der Waals surface area contributed by atoms with E-state index in [-0.39, 0.29) is 0 Å². The molecule has 0 radical (unpaired) electrons. The van der Waals surface area contributed by atoms with Gasteiger partial charge in [0.05, 0.1) is 19.2 Å². The molecule has 1 aromatic rings. The van der Waals surface area contributed by atoms with Crippen molar-refractivity contribution >= 4 is 17.7 Å². The number of hydrogen-bond acceptors (Lipinski definition) is 3. The van der Waals surface area contributed by atoms with E-state index < -0.39 is 0 Å². The molecule has 0 atom stereocenters. The monoisotopic (exact) mass is 283 g/mol. The molecule has 0 aliphatic heterocycles. The Bertz CT molecular complexity index is 430. The first kappa shape index (κ1) is 15.9. The number of benzene rings is 1. The summed E-state index contributed by atoms with van der Waals surface area (Å²) in [4.78, 5) is 0. The maximum atomic E-state index is 6.28. The first-order valence-corrected chi connectivity index (χ1v) is 6.75. The van der Waals surface area contributed by atoms with Gasteiger partial charge < -0.3 is 14.8 Å². The van der Waals surface area contributed by atoms with Gasteiger partial charge in [-0.1, -0.05) is 37.6 Å². The van der Waals surface area contributed by atoms with Crippen LogP contribution >= 0.6 is 11.6 Å². The van der Waals surface area contributed by atoms with E-state index in [0.29, 0.717) is 22.4 Å². The Labute approximate surface area is 120 Å². The number of ether oxygens (including phenoxy) is 2. The molecular formula is C15H22ClNO2. The highest BCUT2D eigenvalue weighted by atomic mass is 35.5. The third-order valence-electron chi connectivity index (χ3n) is 2.63. The van der Waals surface area contributed by atoms with E-state index in [4.69, 9.17) is 21.1 Å². The summed E-state index contributed by atoms with van der Waals surface area (Å²) >= 11 is 6.28. The summed E-state index contributed by atoms with van der Waals surface area (Å²) in [6, 6.07) is 3.77. The van der Waals surface area contributed by atoms with Crippen molar-refractivity contribution in [2.24, 2.45) is 5.92 Å². The Balaban J connectivity index is 2.71. The minimum absolute atomic E-state index is 0.571. The molecular weight excluding hydrogens is 262 g/mol. The third-order valence-corrected chi connectivity index (χ3v) is 3.02. The second-order valence-corrected chi connectivity index (χ2v) is 5.04. The van der Waals surface area contributed by atoms with Crippen LogP contribution in [0, 0.1) is 5.92 Å². The van der Waals surface area contributed by atoms with Crippen LogP contribution in [0.1, 0.15) is 19.4 Å². The molecule has 0 spiro atoms. The zero-order chi connectivity index (χ0) is 14.3. The van der Waals surface area contributed by atoms with Crippen LogP contribution in [0.2, 0.25) is 5.02 Å². The Morgan fingerprint density at radius 3 is 2.58 bits per heavy atom. The first-order valence-electron chi connectivity index (χ1n) is 6.37. The lowest BCUT2D eigenvalue weighted by Gasteiger charge is -2.11. The highest BCUT2D eigenvalue weighted by molar-refractivity contribution is 6.33. The molecule has 0 bridgehead atoms. The number of methoxy groups -OCH3 is 2. The lowest BCUT2D eigenvalue weighted by atomic mass is 10.2. The molecule has 1 rings (SSSR count). The molecule has 0 amide bonds. The number of hydrogen-bond donors (Lipinski definition) is 1. The highest BCUT2D eigenvalue weighted by Gasteiger charge is 2.10. The van der Waals surface area contributed by atoms with Crippen molar-refractivity contribution in [3.63, 3.8) is 0 Å². The van der Waals surface area contributed by atoms with Crippen molar-refractivity contribution in [2.75, 3.05) is 27.3 Å². The molecule has 1 N–H and O–H groups in total. The maximum absolute atomic E-state index is 6.28. The standard InChI is InChI=1S/C15H22ClNO2/c1-11(2)10-17-9-5-6-12-7-8-13(18-3)15(19-4)14(12)16/h5-8,11,17H,9-10H2,1-4H3. The van der Waals surface area contributed by atoms with Gasteiger partial charge in [-0.25, -0.2) is 0 Å². The second-order valence-electron chi connectivity index (χ2n) is 4.66. The predicted molar refractivity (Wildman–Crippen MR) is 81.3 cm³/mol. The molecule has 19 heavy (non-hydrogen) atoms. The van der Waals surface area contributed by atoms with E-state index in [2.05, 4.69) is 25.2 Å². The lowest BCUT2D eigenvalue weighted by Crippen LogP contribution is -2.19. The van der Waals surface area contributed by atoms with Gasteiger partial charge in [0.2, 0.25) is 0 Å². The fourth-order valence-electron chi connectivity index (χ4n) is 1.67. The minimum atomic E-state index is 0.571. The molecule has 0 heterocycles. The average Bonchev–Trinajstić information content (AvgIpc) is 2.39. The largest absolute Gasteiger partial charge is 0.493 e. The molecule has 0 unspecified atom stereocenters. The van der Waals surface area contributed by atoms with Crippen molar-refractivity contribution in [3.8, 4) is 11.5 Å². The Morgan fingerprint density at radius 2 is 2.00 bits per heavy atom. The van der Waals surface area contributed by atoms with Crippen molar-refractivity contribution in [1.29, 1.82) is 0 Å². The first-order chi connectivity index (χ1) is 9.10. The normalized spacial score (nSPS) is 11.3. The van der Waals surface area contributed by atoms with E-state index in [1.54, 1.807) is 14.2 Å². The van der Waals surface area contributed by atoms with Gasteiger partial charge in [-0.2, -0.15) is 0 Å². The number of rotatable bonds is 7. The summed E-state index contributed by atoms with van der Waals surface area (Å²) in [5.74, 6) is 1.86. The van der Waals surface area contributed by atoms with Crippen LogP contribution in [0.4, 0.5) is 0 Å². The van der Waals surface area contributed by atoms with E-state index >= 15 is 0 Å². The molecule has 0 aliphatic carbocycles. The average molecular weight is 284 g/mol. The fraction of sp³-hybridized carbons (Fsp3) is 0.467. The lowest BCUT2D eigenvalue weighted by molar-refractivity contribution is 0.355. The van der Waals surface area contributed by atoms with Gasteiger partial charge in [-0.3, -0.25) is 0 Å². The number of nitrogens with one attached hydrogen (secondary N) is 1. The van der Waals surface area contributed by atoms with E-state index in [9.17, 15) is 0 Å². The van der Waals surface area contributed by atoms with Gasteiger partial charge >= 0.3 is 0 Å². The van der Waals surface area contributed by atoms with Crippen molar-refractivity contribution < 1.29 is 9.47 Å². The van der Waals surface area contributed by atoms with Gasteiger partial charge in [-0.15, -0.1) is 0 Å². The van der Waals surface area contributed by atoms with Gasteiger partial charge in [0, 0.05) is 6.54 Å². The zero-order valence-corrected chi connectivity index (χ0v) is 12.8. The summed E-state index contributed by atoms with van der Waals surface area (Å²) in [5, 5.41) is 3.91. The van der Waals surface area contributed by atoms with Crippen LogP contribution in [0.25, 0.3) is 6.08 Å². The van der Waals surface area contributed by atoms with Crippen molar-refractivity contribution in [2.45, 2.75) is 13.8 Å². The maximum Gasteiger partial charge on any atom is 0.179 e. The predicted octanol–water partition coefficient (Wildman–Crippen LogP) is 3.62. The summed E-state index contributed by atoms with van der Waals surface area (Å²) in [6.45, 7) is 6.19. The molecule has 0 fully saturated rings. The minimum Gasteiger partial charge on any atom is -0.493 e. The smallest absolute Gasteiger partial charge is 0.179 e. The summed E-state index contributed by atoms with van der Waals surface area (Å²) in [6.07, 6.45) is 4.03. The van der Waals surface area contributed by atoms with Crippen LogP contribution in [0.3, 0.4) is 0 Å². The summed E-state index contributed by atoms with van der Waals surface area (Å²) in [7, 11) is 3.18. The second kappa shape index (κ2) is 8.08. The van der Waals surface area contributed by atoms with E-state index in [0.717, 1.165) is 18.7 Å². The molecule has 1 aromatic carbocycles. The Morgan fingerprint density at radius 1 is 1.26 bits per heavy atom. The number of halogens is 1. The quantitative estimate of drug-likeness (QED) is 0.776. The van der Waals surface area contributed by atoms with Crippen molar-refractivity contribution in [3.05, 3.63) is 28.8 Å². The molecule has 0 aromatic heterocycles. The topological polar surface area (TPSA) is 30.5 Å². The van der Waals surface area contributed by atoms with E-state index in [1.807, 2.05) is 18.2 Å². The van der Waals surface area contributed by atoms with Gasteiger partial charge in [0.15, 0.2) is 11.5 Å². The molecule has 106 valence electrons. The van der Waals surface area contributed by atoms with Crippen LogP contribution in [0.15, 0.2) is 18.2 Å². The van der Waals surface area contributed by atoms with Crippen LogP contribution in [-0.2, 0) is 0 Å². The summed E-state index contributed by atoms with van der Waals surface area (Å²) < 4.78 is 10.5. The molecule has 0 aliphatic rings. The van der Waals surface area contributed by atoms with Gasteiger partial charge in [0.1, 0.15) is 0 Å². The van der Waals surface area contributed by atoms with E-state index in [1.165, 1.54) is 0 Å². The van der Waals surface area contributed by atoms with Gasteiger partial charge in [-0.05, 0) is 30.2 Å². The highest BCUT2D eigenvalue weighted by Crippen LogP contribution is 2.37. The van der Waals surface area contributed by atoms with Gasteiger partial charge in [0.25, 0.3) is 0 Å². The zero-order valence-electron chi connectivity index (χ0n) is 12.0. The van der Waals surface area contributed by atoms with Crippen LogP contribution in [-0.4, -0.2) is 27.3 Å².